The molecule has 0 saturated heterocycles. The third kappa shape index (κ3) is 51.1. The SMILES string of the molecule is CC\C=C/C=C\C=C/C=C\C=C/CCCCCC(=O)OC(COC(=O)CCCCCCC\C=C/C=C\C=C/C=C\CC)COC(=O)CCCCCCCCCCCCCCCCCCCC. The first-order valence-corrected chi connectivity index (χ1v) is 27.0. The van der Waals surface area contributed by atoms with Crippen molar-refractivity contribution in [3.05, 3.63) is 109 Å². The average Bonchev–Trinajstić information content (AvgIpc) is 3.31. The molecule has 0 radical (unpaired) electrons. The molecule has 0 spiro atoms. The lowest BCUT2D eigenvalue weighted by Gasteiger charge is -2.18. The average molecular weight is 915 g/mol. The Morgan fingerprint density at radius 3 is 0.939 bits per heavy atom. The molecule has 0 amide bonds. The Bertz CT molecular complexity index is 1370. The number of esters is 3. The van der Waals surface area contributed by atoms with Crippen LogP contribution in [0.1, 0.15) is 233 Å². The van der Waals surface area contributed by atoms with Gasteiger partial charge in [-0.2, -0.15) is 0 Å². The Balaban J connectivity index is 4.47. The molecule has 0 rings (SSSR count). The molecule has 0 aliphatic carbocycles. The summed E-state index contributed by atoms with van der Waals surface area (Å²) < 4.78 is 16.8. The summed E-state index contributed by atoms with van der Waals surface area (Å²) in [7, 11) is 0. The molecule has 0 aromatic rings. The Morgan fingerprint density at radius 1 is 0.318 bits per heavy atom. The smallest absolute Gasteiger partial charge is 0.306 e. The Morgan fingerprint density at radius 2 is 0.591 bits per heavy atom. The van der Waals surface area contributed by atoms with Gasteiger partial charge in [0.25, 0.3) is 0 Å². The molecule has 0 fully saturated rings. The molecule has 0 saturated carbocycles. The van der Waals surface area contributed by atoms with Crippen LogP contribution in [0.2, 0.25) is 0 Å². The minimum absolute atomic E-state index is 0.103. The second-order valence-electron chi connectivity index (χ2n) is 17.6. The highest BCUT2D eigenvalue weighted by atomic mass is 16.6. The second-order valence-corrected chi connectivity index (χ2v) is 17.6. The summed E-state index contributed by atoms with van der Waals surface area (Å²) in [6.45, 7) is 6.31. The van der Waals surface area contributed by atoms with Gasteiger partial charge in [0.1, 0.15) is 13.2 Å². The highest BCUT2D eigenvalue weighted by Crippen LogP contribution is 2.16. The van der Waals surface area contributed by atoms with E-state index in [1.165, 1.54) is 96.3 Å². The molecule has 1 atom stereocenters. The topological polar surface area (TPSA) is 78.9 Å². The first kappa shape index (κ1) is 62.1. The number of unbranched alkanes of at least 4 members (excludes halogenated alkanes) is 25. The van der Waals surface area contributed by atoms with Gasteiger partial charge in [-0.3, -0.25) is 14.4 Å². The molecule has 1 unspecified atom stereocenters. The van der Waals surface area contributed by atoms with Crippen LogP contribution in [0.15, 0.2) is 109 Å². The van der Waals surface area contributed by atoms with Crippen LogP contribution in [0.5, 0.6) is 0 Å². The molecule has 66 heavy (non-hydrogen) atoms. The van der Waals surface area contributed by atoms with Crippen LogP contribution in [0, 0.1) is 0 Å². The van der Waals surface area contributed by atoms with Crippen LogP contribution in [0.25, 0.3) is 0 Å². The number of hydrogen-bond acceptors (Lipinski definition) is 6. The number of allylic oxidation sites excluding steroid dienone is 18. The minimum Gasteiger partial charge on any atom is -0.462 e. The summed E-state index contributed by atoms with van der Waals surface area (Å²) >= 11 is 0. The highest BCUT2D eigenvalue weighted by molar-refractivity contribution is 5.71. The fourth-order valence-electron chi connectivity index (χ4n) is 7.24. The second kappa shape index (κ2) is 53.7. The standard InChI is InChI=1S/C60H98O6/c1-4-7-10-13-16-19-22-25-28-29-30-33-35-38-41-44-47-50-53-59(62)65-56-57(66-60(63)54-51-48-45-42-39-36-32-27-24-21-18-15-12-9-6-3)55-64-58(61)52-49-46-43-40-37-34-31-26-23-20-17-14-11-8-5-2/h8-9,11-12,14-15,17-18,20-21,23-24,26-27,31-32,36,39,57H,4-7,10,13,16,19,22,25,28-30,33-35,37-38,40-56H2,1-3H3/b11-8-,12-9-,17-14-,18-15-,23-20-,24-21-,31-26-,32-27-,39-36-. The zero-order chi connectivity index (χ0) is 47.9. The highest BCUT2D eigenvalue weighted by Gasteiger charge is 2.19. The molecule has 0 heterocycles. The van der Waals surface area contributed by atoms with Crippen molar-refractivity contribution in [3.63, 3.8) is 0 Å². The Labute approximate surface area is 406 Å². The first-order chi connectivity index (χ1) is 32.5. The van der Waals surface area contributed by atoms with Gasteiger partial charge in [0.05, 0.1) is 0 Å². The number of carbonyl (C=O) groups excluding carboxylic acids is 3. The summed E-state index contributed by atoms with van der Waals surface area (Å²) in [5.74, 6) is -0.970. The van der Waals surface area contributed by atoms with E-state index in [-0.39, 0.29) is 37.5 Å². The summed E-state index contributed by atoms with van der Waals surface area (Å²) in [6, 6.07) is 0. The van der Waals surface area contributed by atoms with Gasteiger partial charge in [0, 0.05) is 19.3 Å². The van der Waals surface area contributed by atoms with Crippen molar-refractivity contribution in [1.29, 1.82) is 0 Å². The lowest BCUT2D eigenvalue weighted by molar-refractivity contribution is -0.167. The molecular weight excluding hydrogens is 817 g/mol. The zero-order valence-corrected chi connectivity index (χ0v) is 42.7. The molecular formula is C60H98O6. The Hall–Kier alpha value is -3.93. The largest absolute Gasteiger partial charge is 0.462 e. The molecule has 6 heteroatoms. The predicted octanol–water partition coefficient (Wildman–Crippen LogP) is 17.9. The van der Waals surface area contributed by atoms with Gasteiger partial charge in [-0.15, -0.1) is 0 Å². The van der Waals surface area contributed by atoms with E-state index in [9.17, 15) is 14.4 Å². The van der Waals surface area contributed by atoms with Crippen LogP contribution in [-0.2, 0) is 28.6 Å². The predicted molar refractivity (Wildman–Crippen MR) is 283 cm³/mol. The maximum atomic E-state index is 12.8. The van der Waals surface area contributed by atoms with Crippen molar-refractivity contribution in [2.75, 3.05) is 13.2 Å². The van der Waals surface area contributed by atoms with Crippen molar-refractivity contribution >= 4 is 17.9 Å². The molecule has 0 N–H and O–H groups in total. The zero-order valence-electron chi connectivity index (χ0n) is 42.7. The van der Waals surface area contributed by atoms with E-state index in [2.05, 4.69) is 63.3 Å². The molecule has 0 aliphatic rings. The fourth-order valence-corrected chi connectivity index (χ4v) is 7.24. The van der Waals surface area contributed by atoms with Gasteiger partial charge in [-0.1, -0.05) is 265 Å². The summed E-state index contributed by atoms with van der Waals surface area (Å²) in [4.78, 5) is 38.1. The third-order valence-corrected chi connectivity index (χ3v) is 11.2. The maximum Gasteiger partial charge on any atom is 0.306 e. The Kier molecular flexibility index (Phi) is 50.5. The molecule has 6 nitrogen and oxygen atoms in total. The molecule has 0 aliphatic heterocycles. The van der Waals surface area contributed by atoms with E-state index >= 15 is 0 Å². The molecule has 0 bridgehead atoms. The molecule has 0 aromatic carbocycles. The van der Waals surface area contributed by atoms with E-state index in [4.69, 9.17) is 14.2 Å². The quantitative estimate of drug-likeness (QED) is 0.0262. The number of carbonyl (C=O) groups is 3. The van der Waals surface area contributed by atoms with Gasteiger partial charge in [-0.05, 0) is 57.8 Å². The number of rotatable bonds is 47. The van der Waals surface area contributed by atoms with Crippen molar-refractivity contribution in [2.24, 2.45) is 0 Å². The molecule has 0 aromatic heterocycles. The monoisotopic (exact) mass is 915 g/mol. The van der Waals surface area contributed by atoms with E-state index in [1.807, 2.05) is 66.8 Å². The first-order valence-electron chi connectivity index (χ1n) is 27.0. The van der Waals surface area contributed by atoms with Crippen molar-refractivity contribution in [2.45, 2.75) is 239 Å². The lowest BCUT2D eigenvalue weighted by Crippen LogP contribution is -2.30. The van der Waals surface area contributed by atoms with Crippen molar-refractivity contribution in [1.82, 2.24) is 0 Å². The van der Waals surface area contributed by atoms with Crippen LogP contribution in [0.4, 0.5) is 0 Å². The van der Waals surface area contributed by atoms with Gasteiger partial charge in [-0.25, -0.2) is 0 Å². The van der Waals surface area contributed by atoms with Gasteiger partial charge >= 0.3 is 17.9 Å². The van der Waals surface area contributed by atoms with Crippen LogP contribution in [0.3, 0.4) is 0 Å². The van der Waals surface area contributed by atoms with Gasteiger partial charge in [0.2, 0.25) is 0 Å². The van der Waals surface area contributed by atoms with E-state index < -0.39 is 6.10 Å². The molecule has 374 valence electrons. The minimum atomic E-state index is -0.811. The van der Waals surface area contributed by atoms with E-state index in [1.54, 1.807) is 0 Å². The van der Waals surface area contributed by atoms with Gasteiger partial charge in [0.15, 0.2) is 6.10 Å². The maximum absolute atomic E-state index is 12.8. The number of ether oxygens (including phenoxy) is 3. The van der Waals surface area contributed by atoms with Crippen molar-refractivity contribution in [3.8, 4) is 0 Å². The van der Waals surface area contributed by atoms with E-state index in [0.717, 1.165) is 89.9 Å². The summed E-state index contributed by atoms with van der Waals surface area (Å²) in [6.07, 6.45) is 72.2. The number of hydrogen-bond donors (Lipinski definition) is 0. The lowest BCUT2D eigenvalue weighted by atomic mass is 10.0. The van der Waals surface area contributed by atoms with E-state index in [0.29, 0.717) is 19.3 Å². The summed E-state index contributed by atoms with van der Waals surface area (Å²) in [5.41, 5.74) is 0. The van der Waals surface area contributed by atoms with Crippen LogP contribution >= 0.6 is 0 Å². The fraction of sp³-hybridized carbons (Fsp3) is 0.650. The van der Waals surface area contributed by atoms with Crippen LogP contribution < -0.4 is 0 Å². The van der Waals surface area contributed by atoms with Crippen molar-refractivity contribution < 1.29 is 28.6 Å². The van der Waals surface area contributed by atoms with Crippen LogP contribution in [-0.4, -0.2) is 37.2 Å². The normalized spacial score (nSPS) is 13.0. The third-order valence-electron chi connectivity index (χ3n) is 11.2. The summed E-state index contributed by atoms with van der Waals surface area (Å²) in [5, 5.41) is 0. The van der Waals surface area contributed by atoms with Gasteiger partial charge < -0.3 is 14.2 Å².